The molecular weight excluding hydrogens is 326 g/mol. The van der Waals surface area contributed by atoms with Crippen molar-refractivity contribution in [3.63, 3.8) is 0 Å². The molecule has 0 aliphatic rings. The minimum absolute atomic E-state index is 0.177. The average Bonchev–Trinajstić information content (AvgIpc) is 2.69. The number of rotatable bonds is 7. The fourth-order valence-corrected chi connectivity index (χ4v) is 2.54. The van der Waals surface area contributed by atoms with E-state index in [0.717, 1.165) is 12.2 Å². The summed E-state index contributed by atoms with van der Waals surface area (Å²) < 4.78 is 10.9. The Bertz CT molecular complexity index is 845. The number of anilines is 1. The summed E-state index contributed by atoms with van der Waals surface area (Å²) in [5.74, 6) is 1.25. The molecule has 1 N–H and O–H groups in total. The zero-order chi connectivity index (χ0) is 18.2. The van der Waals surface area contributed by atoms with Gasteiger partial charge in [0, 0.05) is 17.7 Å². The molecule has 3 aromatic carbocycles. The van der Waals surface area contributed by atoms with Crippen molar-refractivity contribution in [2.75, 3.05) is 19.0 Å². The maximum atomic E-state index is 12.4. The third-order valence-electron chi connectivity index (χ3n) is 3.95. The molecule has 4 heteroatoms. The van der Waals surface area contributed by atoms with Crippen molar-refractivity contribution < 1.29 is 14.3 Å². The van der Waals surface area contributed by atoms with Gasteiger partial charge in [-0.05, 0) is 48.0 Å². The Kier molecular flexibility index (Phi) is 5.88. The Hall–Kier alpha value is -3.27. The number of hydrogen-bond acceptors (Lipinski definition) is 3. The van der Waals surface area contributed by atoms with Gasteiger partial charge in [0.25, 0.3) is 5.91 Å². The van der Waals surface area contributed by atoms with Gasteiger partial charge in [-0.25, -0.2) is 0 Å². The average molecular weight is 347 g/mol. The summed E-state index contributed by atoms with van der Waals surface area (Å²) in [6.45, 7) is 0.563. The van der Waals surface area contributed by atoms with Crippen molar-refractivity contribution in [2.45, 2.75) is 6.42 Å². The van der Waals surface area contributed by atoms with Gasteiger partial charge in [-0.2, -0.15) is 0 Å². The van der Waals surface area contributed by atoms with Crippen LogP contribution in [-0.2, 0) is 6.42 Å². The molecule has 26 heavy (non-hydrogen) atoms. The van der Waals surface area contributed by atoms with Crippen molar-refractivity contribution in [3.05, 3.63) is 90.0 Å². The zero-order valence-corrected chi connectivity index (χ0v) is 14.6. The molecule has 0 atom stereocenters. The van der Waals surface area contributed by atoms with Crippen molar-refractivity contribution >= 4 is 11.6 Å². The molecule has 0 saturated heterocycles. The normalized spacial score (nSPS) is 10.2. The summed E-state index contributed by atoms with van der Waals surface area (Å²) in [7, 11) is 1.61. The van der Waals surface area contributed by atoms with Gasteiger partial charge in [-0.1, -0.05) is 36.4 Å². The summed E-state index contributed by atoms with van der Waals surface area (Å²) >= 11 is 0. The topological polar surface area (TPSA) is 47.6 Å². The van der Waals surface area contributed by atoms with E-state index in [-0.39, 0.29) is 5.91 Å². The number of carbonyl (C=O) groups excluding carboxylic acids is 1. The standard InChI is InChI=1S/C22H21NO3/c1-25-20-12-10-19(11-13-20)23-22(24)18-8-5-9-21(16-18)26-15-14-17-6-3-2-4-7-17/h2-13,16H,14-15H2,1H3,(H,23,24). The van der Waals surface area contributed by atoms with Gasteiger partial charge in [-0.3, -0.25) is 4.79 Å². The van der Waals surface area contributed by atoms with Gasteiger partial charge in [0.2, 0.25) is 0 Å². The summed E-state index contributed by atoms with van der Waals surface area (Å²) in [4.78, 5) is 12.4. The van der Waals surface area contributed by atoms with E-state index in [1.807, 2.05) is 30.3 Å². The van der Waals surface area contributed by atoms with Crippen LogP contribution in [0.15, 0.2) is 78.9 Å². The molecule has 132 valence electrons. The molecule has 0 fully saturated rings. The number of nitrogens with one attached hydrogen (secondary N) is 1. The second-order valence-corrected chi connectivity index (χ2v) is 5.79. The van der Waals surface area contributed by atoms with Crippen LogP contribution < -0.4 is 14.8 Å². The van der Waals surface area contributed by atoms with E-state index >= 15 is 0 Å². The number of carbonyl (C=O) groups is 1. The summed E-state index contributed by atoms with van der Waals surface area (Å²) in [5, 5.41) is 2.87. The number of hydrogen-bond donors (Lipinski definition) is 1. The van der Waals surface area contributed by atoms with E-state index in [2.05, 4.69) is 17.4 Å². The van der Waals surface area contributed by atoms with Crippen LogP contribution in [0.4, 0.5) is 5.69 Å². The first kappa shape index (κ1) is 17.5. The van der Waals surface area contributed by atoms with E-state index < -0.39 is 0 Å². The molecule has 3 rings (SSSR count). The number of methoxy groups -OCH3 is 1. The van der Waals surface area contributed by atoms with Crippen LogP contribution >= 0.6 is 0 Å². The lowest BCUT2D eigenvalue weighted by Crippen LogP contribution is -2.12. The third kappa shape index (κ3) is 4.86. The van der Waals surface area contributed by atoms with Gasteiger partial charge < -0.3 is 14.8 Å². The highest BCUT2D eigenvalue weighted by atomic mass is 16.5. The highest BCUT2D eigenvalue weighted by Gasteiger charge is 2.07. The van der Waals surface area contributed by atoms with E-state index in [0.29, 0.717) is 23.6 Å². The van der Waals surface area contributed by atoms with Gasteiger partial charge in [-0.15, -0.1) is 0 Å². The van der Waals surface area contributed by atoms with Gasteiger partial charge in [0.1, 0.15) is 11.5 Å². The molecule has 4 nitrogen and oxygen atoms in total. The first-order valence-electron chi connectivity index (χ1n) is 8.47. The fourth-order valence-electron chi connectivity index (χ4n) is 2.54. The van der Waals surface area contributed by atoms with Crippen LogP contribution in [-0.4, -0.2) is 19.6 Å². The molecule has 3 aromatic rings. The lowest BCUT2D eigenvalue weighted by molar-refractivity contribution is 0.102. The second-order valence-electron chi connectivity index (χ2n) is 5.79. The molecule has 0 radical (unpaired) electrons. The molecule has 0 aromatic heterocycles. The number of ether oxygens (including phenoxy) is 2. The first-order valence-corrected chi connectivity index (χ1v) is 8.47. The van der Waals surface area contributed by atoms with Crippen LogP contribution in [0.2, 0.25) is 0 Å². The van der Waals surface area contributed by atoms with E-state index in [4.69, 9.17) is 9.47 Å². The predicted octanol–water partition coefficient (Wildman–Crippen LogP) is 4.57. The van der Waals surface area contributed by atoms with Gasteiger partial charge in [0.15, 0.2) is 0 Å². The minimum atomic E-state index is -0.177. The highest BCUT2D eigenvalue weighted by molar-refractivity contribution is 6.04. The van der Waals surface area contributed by atoms with Crippen LogP contribution in [0.1, 0.15) is 15.9 Å². The van der Waals surface area contributed by atoms with Crippen molar-refractivity contribution in [2.24, 2.45) is 0 Å². The Morgan fingerprint density at radius 1 is 0.885 bits per heavy atom. The minimum Gasteiger partial charge on any atom is -0.497 e. The molecule has 0 aliphatic carbocycles. The fraction of sp³-hybridized carbons (Fsp3) is 0.136. The van der Waals surface area contributed by atoms with Gasteiger partial charge in [0.05, 0.1) is 13.7 Å². The predicted molar refractivity (Wildman–Crippen MR) is 103 cm³/mol. The monoisotopic (exact) mass is 347 g/mol. The summed E-state index contributed by atoms with van der Waals surface area (Å²) in [6, 6.07) is 24.6. The molecule has 0 unspecified atom stereocenters. The SMILES string of the molecule is COc1ccc(NC(=O)c2cccc(OCCc3ccccc3)c2)cc1. The van der Waals surface area contributed by atoms with Crippen LogP contribution in [0.5, 0.6) is 11.5 Å². The lowest BCUT2D eigenvalue weighted by atomic mass is 10.1. The number of benzene rings is 3. The quantitative estimate of drug-likeness (QED) is 0.681. The van der Waals surface area contributed by atoms with Crippen LogP contribution in [0.25, 0.3) is 0 Å². The Labute approximate surface area is 153 Å². The largest absolute Gasteiger partial charge is 0.497 e. The zero-order valence-electron chi connectivity index (χ0n) is 14.6. The Morgan fingerprint density at radius 3 is 2.38 bits per heavy atom. The van der Waals surface area contributed by atoms with E-state index in [1.165, 1.54) is 5.56 Å². The van der Waals surface area contributed by atoms with Crippen LogP contribution in [0, 0.1) is 0 Å². The molecule has 0 bridgehead atoms. The van der Waals surface area contributed by atoms with Crippen molar-refractivity contribution in [3.8, 4) is 11.5 Å². The maximum absolute atomic E-state index is 12.4. The van der Waals surface area contributed by atoms with Gasteiger partial charge >= 0.3 is 0 Å². The summed E-state index contributed by atoms with van der Waals surface area (Å²) in [5.41, 5.74) is 2.49. The van der Waals surface area contributed by atoms with Crippen LogP contribution in [0.3, 0.4) is 0 Å². The van der Waals surface area contributed by atoms with E-state index in [9.17, 15) is 4.79 Å². The Morgan fingerprint density at radius 2 is 1.65 bits per heavy atom. The molecular formula is C22H21NO3. The number of amides is 1. The molecule has 0 aliphatic heterocycles. The maximum Gasteiger partial charge on any atom is 0.255 e. The molecule has 0 saturated carbocycles. The Balaban J connectivity index is 1.57. The molecule has 0 spiro atoms. The van der Waals surface area contributed by atoms with E-state index in [1.54, 1.807) is 43.5 Å². The lowest BCUT2D eigenvalue weighted by Gasteiger charge is -2.09. The second kappa shape index (κ2) is 8.72. The van der Waals surface area contributed by atoms with Crippen molar-refractivity contribution in [1.82, 2.24) is 0 Å². The molecule has 0 heterocycles. The summed E-state index contributed by atoms with van der Waals surface area (Å²) in [6.07, 6.45) is 0.823. The molecule has 1 amide bonds. The first-order chi connectivity index (χ1) is 12.7. The highest BCUT2D eigenvalue weighted by Crippen LogP contribution is 2.18. The smallest absolute Gasteiger partial charge is 0.255 e. The van der Waals surface area contributed by atoms with Crippen molar-refractivity contribution in [1.29, 1.82) is 0 Å². The third-order valence-corrected chi connectivity index (χ3v) is 3.95.